The van der Waals surface area contributed by atoms with Crippen molar-refractivity contribution in [2.75, 3.05) is 6.61 Å². The highest BCUT2D eigenvalue weighted by atomic mass is 16.5. The van der Waals surface area contributed by atoms with Crippen LogP contribution in [0, 0.1) is 11.8 Å². The molecule has 3 unspecified atom stereocenters. The van der Waals surface area contributed by atoms with Gasteiger partial charge in [0.25, 0.3) is 0 Å². The standard InChI is InChI=1S/C12H21NO4/c1-4-7(2)10(12(15)16)13-11(14)9-5-6-17-8(9)3/h7-10H,4-6H2,1-3H3,(H,13,14)(H,15,16)/t7?,8?,9?,10-/m0/s1. The van der Waals surface area contributed by atoms with Gasteiger partial charge < -0.3 is 15.2 Å². The Morgan fingerprint density at radius 2 is 2.18 bits per heavy atom. The zero-order valence-electron chi connectivity index (χ0n) is 10.6. The highest BCUT2D eigenvalue weighted by Gasteiger charge is 2.34. The molecule has 17 heavy (non-hydrogen) atoms. The van der Waals surface area contributed by atoms with Crippen LogP contribution in [-0.2, 0) is 14.3 Å². The monoisotopic (exact) mass is 243 g/mol. The Kier molecular flexibility index (Phi) is 4.93. The lowest BCUT2D eigenvalue weighted by Crippen LogP contribution is -2.48. The number of carboxylic acid groups (broad SMARTS) is 1. The van der Waals surface area contributed by atoms with Gasteiger partial charge in [0.1, 0.15) is 6.04 Å². The summed E-state index contributed by atoms with van der Waals surface area (Å²) in [5.74, 6) is -1.48. The molecule has 0 saturated carbocycles. The smallest absolute Gasteiger partial charge is 0.326 e. The highest BCUT2D eigenvalue weighted by molar-refractivity contribution is 5.85. The second-order valence-electron chi connectivity index (χ2n) is 4.68. The molecule has 5 heteroatoms. The van der Waals surface area contributed by atoms with Crippen molar-refractivity contribution in [2.24, 2.45) is 11.8 Å². The van der Waals surface area contributed by atoms with E-state index in [9.17, 15) is 9.59 Å². The average Bonchev–Trinajstić information content (AvgIpc) is 2.70. The van der Waals surface area contributed by atoms with Gasteiger partial charge >= 0.3 is 5.97 Å². The van der Waals surface area contributed by atoms with Gasteiger partial charge in [-0.3, -0.25) is 4.79 Å². The summed E-state index contributed by atoms with van der Waals surface area (Å²) in [6.45, 7) is 6.15. The summed E-state index contributed by atoms with van der Waals surface area (Å²) >= 11 is 0. The molecule has 1 rings (SSSR count). The van der Waals surface area contributed by atoms with Crippen LogP contribution in [0.1, 0.15) is 33.6 Å². The van der Waals surface area contributed by atoms with Crippen LogP contribution in [0.4, 0.5) is 0 Å². The quantitative estimate of drug-likeness (QED) is 0.756. The molecule has 0 aliphatic carbocycles. The number of amides is 1. The van der Waals surface area contributed by atoms with Gasteiger partial charge in [-0.25, -0.2) is 4.79 Å². The summed E-state index contributed by atoms with van der Waals surface area (Å²) in [6, 6.07) is -0.805. The van der Waals surface area contributed by atoms with Gasteiger partial charge in [0.15, 0.2) is 0 Å². The van der Waals surface area contributed by atoms with Gasteiger partial charge in [0, 0.05) is 6.61 Å². The Hall–Kier alpha value is -1.10. The van der Waals surface area contributed by atoms with Crippen molar-refractivity contribution >= 4 is 11.9 Å². The van der Waals surface area contributed by atoms with E-state index in [2.05, 4.69) is 5.32 Å². The Labute approximate surface area is 102 Å². The average molecular weight is 243 g/mol. The molecule has 0 aromatic rings. The number of carboxylic acids is 1. The fourth-order valence-electron chi connectivity index (χ4n) is 2.02. The van der Waals surface area contributed by atoms with Crippen LogP contribution in [-0.4, -0.2) is 35.7 Å². The van der Waals surface area contributed by atoms with Crippen molar-refractivity contribution in [3.05, 3.63) is 0 Å². The normalized spacial score (nSPS) is 27.5. The molecule has 0 spiro atoms. The van der Waals surface area contributed by atoms with E-state index >= 15 is 0 Å². The molecule has 4 atom stereocenters. The number of hydrogen-bond acceptors (Lipinski definition) is 3. The first-order valence-corrected chi connectivity index (χ1v) is 6.12. The van der Waals surface area contributed by atoms with E-state index in [0.29, 0.717) is 19.4 Å². The zero-order chi connectivity index (χ0) is 13.0. The molecular formula is C12H21NO4. The first-order valence-electron chi connectivity index (χ1n) is 6.12. The molecule has 1 aliphatic rings. The summed E-state index contributed by atoms with van der Waals surface area (Å²) in [6.07, 6.45) is 1.26. The van der Waals surface area contributed by atoms with E-state index in [-0.39, 0.29) is 23.8 Å². The van der Waals surface area contributed by atoms with Crippen LogP contribution >= 0.6 is 0 Å². The minimum absolute atomic E-state index is 0.0749. The van der Waals surface area contributed by atoms with Crippen LogP contribution in [0.3, 0.4) is 0 Å². The van der Waals surface area contributed by atoms with Crippen LogP contribution in [0.2, 0.25) is 0 Å². The first-order chi connectivity index (χ1) is 7.97. The van der Waals surface area contributed by atoms with Gasteiger partial charge in [-0.05, 0) is 19.3 Å². The van der Waals surface area contributed by atoms with Crippen LogP contribution < -0.4 is 5.32 Å². The summed E-state index contributed by atoms with van der Waals surface area (Å²) in [5, 5.41) is 11.7. The topological polar surface area (TPSA) is 75.6 Å². The molecule has 1 amide bonds. The second kappa shape index (κ2) is 6.00. The van der Waals surface area contributed by atoms with Crippen LogP contribution in [0.5, 0.6) is 0 Å². The predicted molar refractivity (Wildman–Crippen MR) is 62.5 cm³/mol. The SMILES string of the molecule is CCC(C)[C@H](NC(=O)C1CCOC1C)C(=O)O. The van der Waals surface area contributed by atoms with Crippen molar-refractivity contribution < 1.29 is 19.4 Å². The zero-order valence-corrected chi connectivity index (χ0v) is 10.6. The molecular weight excluding hydrogens is 222 g/mol. The van der Waals surface area contributed by atoms with Crippen LogP contribution in [0.25, 0.3) is 0 Å². The lowest BCUT2D eigenvalue weighted by molar-refractivity contribution is -0.144. The van der Waals surface area contributed by atoms with Crippen molar-refractivity contribution in [3.63, 3.8) is 0 Å². The van der Waals surface area contributed by atoms with E-state index in [0.717, 1.165) is 0 Å². The number of ether oxygens (including phenoxy) is 1. The molecule has 2 N–H and O–H groups in total. The summed E-state index contributed by atoms with van der Waals surface area (Å²) < 4.78 is 5.31. The van der Waals surface area contributed by atoms with Gasteiger partial charge in [0.2, 0.25) is 5.91 Å². The molecule has 1 fully saturated rings. The molecule has 1 saturated heterocycles. The third-order valence-electron chi connectivity index (χ3n) is 3.49. The third-order valence-corrected chi connectivity index (χ3v) is 3.49. The molecule has 5 nitrogen and oxygen atoms in total. The lowest BCUT2D eigenvalue weighted by atomic mass is 9.96. The Morgan fingerprint density at radius 1 is 1.53 bits per heavy atom. The molecule has 0 aromatic carbocycles. The minimum Gasteiger partial charge on any atom is -0.480 e. The van der Waals surface area contributed by atoms with E-state index in [1.165, 1.54) is 0 Å². The fraction of sp³-hybridized carbons (Fsp3) is 0.833. The van der Waals surface area contributed by atoms with Crippen molar-refractivity contribution in [3.8, 4) is 0 Å². The Bertz CT molecular complexity index is 292. The van der Waals surface area contributed by atoms with Crippen molar-refractivity contribution in [2.45, 2.75) is 45.8 Å². The number of hydrogen-bond donors (Lipinski definition) is 2. The fourth-order valence-corrected chi connectivity index (χ4v) is 2.02. The van der Waals surface area contributed by atoms with Gasteiger partial charge in [0.05, 0.1) is 12.0 Å². The maximum Gasteiger partial charge on any atom is 0.326 e. The van der Waals surface area contributed by atoms with Crippen molar-refractivity contribution in [1.29, 1.82) is 0 Å². The van der Waals surface area contributed by atoms with Crippen molar-refractivity contribution in [1.82, 2.24) is 5.32 Å². The molecule has 0 aromatic heterocycles. The molecule has 0 bridgehead atoms. The minimum atomic E-state index is -0.973. The molecule has 1 heterocycles. The Morgan fingerprint density at radius 3 is 2.59 bits per heavy atom. The maximum absolute atomic E-state index is 11.9. The number of carbonyl (C=O) groups excluding carboxylic acids is 1. The van der Waals surface area contributed by atoms with E-state index in [1.807, 2.05) is 20.8 Å². The largest absolute Gasteiger partial charge is 0.480 e. The molecule has 0 radical (unpaired) electrons. The summed E-state index contributed by atoms with van der Waals surface area (Å²) in [7, 11) is 0. The first kappa shape index (κ1) is 14.0. The van der Waals surface area contributed by atoms with Crippen LogP contribution in [0.15, 0.2) is 0 Å². The number of nitrogens with one attached hydrogen (secondary N) is 1. The third kappa shape index (κ3) is 3.43. The summed E-state index contributed by atoms with van der Waals surface area (Å²) in [5.41, 5.74) is 0. The van der Waals surface area contributed by atoms with Gasteiger partial charge in [-0.1, -0.05) is 20.3 Å². The number of rotatable bonds is 5. The van der Waals surface area contributed by atoms with E-state index < -0.39 is 12.0 Å². The molecule has 98 valence electrons. The highest BCUT2D eigenvalue weighted by Crippen LogP contribution is 2.21. The van der Waals surface area contributed by atoms with Gasteiger partial charge in [-0.15, -0.1) is 0 Å². The summed E-state index contributed by atoms with van der Waals surface area (Å²) in [4.78, 5) is 23.0. The predicted octanol–water partition coefficient (Wildman–Crippen LogP) is 1.03. The van der Waals surface area contributed by atoms with E-state index in [4.69, 9.17) is 9.84 Å². The number of aliphatic carboxylic acids is 1. The maximum atomic E-state index is 11.9. The van der Waals surface area contributed by atoms with E-state index in [1.54, 1.807) is 0 Å². The Balaban J connectivity index is 2.61. The van der Waals surface area contributed by atoms with Gasteiger partial charge in [-0.2, -0.15) is 0 Å². The molecule has 1 aliphatic heterocycles. The number of carbonyl (C=O) groups is 2. The second-order valence-corrected chi connectivity index (χ2v) is 4.68. The lowest BCUT2D eigenvalue weighted by Gasteiger charge is -2.22.